The van der Waals surface area contributed by atoms with E-state index in [-0.39, 0.29) is 0 Å². The molecule has 0 saturated heterocycles. The minimum absolute atomic E-state index is 0.348. The van der Waals surface area contributed by atoms with Crippen LogP contribution in [0.2, 0.25) is 0 Å². The molecule has 0 spiro atoms. The molecule has 0 aromatic carbocycles. The monoisotopic (exact) mass is 282 g/mol. The van der Waals surface area contributed by atoms with Crippen molar-refractivity contribution >= 4 is 23.6 Å². The molecule has 0 radical (unpaired) electrons. The van der Waals surface area contributed by atoms with Crippen molar-refractivity contribution in [1.29, 1.82) is 0 Å². The van der Waals surface area contributed by atoms with Gasteiger partial charge in [0, 0.05) is 34.1 Å². The molecule has 1 fully saturated rings. The van der Waals surface area contributed by atoms with E-state index in [0.717, 1.165) is 0 Å². The molecule has 2 aliphatic heterocycles. The molecular formula is C15H10N2O4. The third-order valence-corrected chi connectivity index (χ3v) is 4.58. The minimum Gasteiger partial charge on any atom is -0.289 e. The number of allylic oxidation sites excluding steroid dienone is 4. The molecule has 2 aliphatic carbocycles. The molecule has 6 nitrogen and oxygen atoms in total. The van der Waals surface area contributed by atoms with Crippen molar-refractivity contribution in [1.82, 2.24) is 10.6 Å². The first-order valence-electron chi connectivity index (χ1n) is 6.51. The van der Waals surface area contributed by atoms with Gasteiger partial charge in [-0.3, -0.25) is 29.8 Å². The second kappa shape index (κ2) is 3.46. The molecule has 21 heavy (non-hydrogen) atoms. The highest BCUT2D eigenvalue weighted by Gasteiger charge is 2.72. The molecule has 4 rings (SSSR count). The van der Waals surface area contributed by atoms with Gasteiger partial charge in [0.25, 0.3) is 23.6 Å². The lowest BCUT2D eigenvalue weighted by Crippen LogP contribution is -2.30. The third-order valence-electron chi connectivity index (χ3n) is 4.58. The number of imide groups is 2. The van der Waals surface area contributed by atoms with Crippen LogP contribution in [0.1, 0.15) is 6.42 Å². The Morgan fingerprint density at radius 1 is 0.762 bits per heavy atom. The van der Waals surface area contributed by atoms with Gasteiger partial charge in [-0.15, -0.1) is 0 Å². The normalized spacial score (nSPS) is 36.2. The van der Waals surface area contributed by atoms with Gasteiger partial charge in [0.15, 0.2) is 0 Å². The van der Waals surface area contributed by atoms with Crippen molar-refractivity contribution in [2.45, 2.75) is 6.42 Å². The first-order chi connectivity index (χ1) is 9.98. The van der Waals surface area contributed by atoms with Crippen LogP contribution in [-0.2, 0) is 19.2 Å². The molecule has 1 saturated carbocycles. The number of fused-ring (bicyclic) bond motifs is 1. The molecule has 0 bridgehead atoms. The summed E-state index contributed by atoms with van der Waals surface area (Å²) in [5, 5.41) is 4.46. The Balaban J connectivity index is 1.85. The number of carbonyl (C=O) groups excluding carboxylic acids is 4. The minimum atomic E-state index is -0.716. The summed E-state index contributed by atoms with van der Waals surface area (Å²) in [5.41, 5.74) is -0.736. The molecule has 6 heteroatoms. The fourth-order valence-corrected chi connectivity index (χ4v) is 3.59. The summed E-state index contributed by atoms with van der Waals surface area (Å²) in [6.07, 6.45) is 10.3. The van der Waals surface area contributed by atoms with Crippen LogP contribution in [0.5, 0.6) is 0 Å². The van der Waals surface area contributed by atoms with E-state index >= 15 is 0 Å². The maximum absolute atomic E-state index is 12.0. The topological polar surface area (TPSA) is 92.3 Å². The van der Waals surface area contributed by atoms with Gasteiger partial charge in [-0.1, -0.05) is 24.3 Å². The summed E-state index contributed by atoms with van der Waals surface area (Å²) < 4.78 is 0. The number of hydrogen-bond acceptors (Lipinski definition) is 4. The highest BCUT2D eigenvalue weighted by molar-refractivity contribution is 6.20. The zero-order valence-electron chi connectivity index (χ0n) is 10.8. The van der Waals surface area contributed by atoms with Crippen molar-refractivity contribution in [3.63, 3.8) is 0 Å². The van der Waals surface area contributed by atoms with Crippen LogP contribution in [0.25, 0.3) is 0 Å². The van der Waals surface area contributed by atoms with Crippen molar-refractivity contribution in [2.24, 2.45) is 10.8 Å². The van der Waals surface area contributed by atoms with Crippen molar-refractivity contribution in [3.8, 4) is 0 Å². The van der Waals surface area contributed by atoms with Crippen molar-refractivity contribution in [2.75, 3.05) is 0 Å². The highest BCUT2D eigenvalue weighted by atomic mass is 16.2. The summed E-state index contributed by atoms with van der Waals surface area (Å²) in [6, 6.07) is 0. The van der Waals surface area contributed by atoms with E-state index in [0.29, 0.717) is 17.6 Å². The Hall–Kier alpha value is -2.76. The Morgan fingerprint density at radius 3 is 1.52 bits per heavy atom. The second-order valence-corrected chi connectivity index (χ2v) is 5.59. The second-order valence-electron chi connectivity index (χ2n) is 5.59. The summed E-state index contributed by atoms with van der Waals surface area (Å²) in [7, 11) is 0. The van der Waals surface area contributed by atoms with E-state index in [2.05, 4.69) is 10.6 Å². The van der Waals surface area contributed by atoms with E-state index in [9.17, 15) is 19.2 Å². The van der Waals surface area contributed by atoms with Crippen LogP contribution in [0.3, 0.4) is 0 Å². The van der Waals surface area contributed by atoms with E-state index in [1.165, 1.54) is 12.2 Å². The van der Waals surface area contributed by atoms with Crippen LogP contribution < -0.4 is 10.6 Å². The van der Waals surface area contributed by atoms with Gasteiger partial charge in [-0.25, -0.2) is 0 Å². The number of rotatable bonds is 2. The van der Waals surface area contributed by atoms with E-state index in [1.807, 2.05) is 12.2 Å². The Kier molecular flexibility index (Phi) is 1.98. The quantitative estimate of drug-likeness (QED) is 0.677. The molecule has 2 heterocycles. The average molecular weight is 282 g/mol. The van der Waals surface area contributed by atoms with Crippen LogP contribution in [-0.4, -0.2) is 23.6 Å². The highest BCUT2D eigenvalue weighted by Crippen LogP contribution is 2.74. The summed E-state index contributed by atoms with van der Waals surface area (Å²) in [4.78, 5) is 46.8. The zero-order chi connectivity index (χ0) is 14.8. The smallest absolute Gasteiger partial charge is 0.255 e. The average Bonchev–Trinajstić information content (AvgIpc) is 2.84. The van der Waals surface area contributed by atoms with Crippen molar-refractivity contribution in [3.05, 3.63) is 47.6 Å². The van der Waals surface area contributed by atoms with Gasteiger partial charge in [-0.05, 0) is 6.42 Å². The van der Waals surface area contributed by atoms with E-state index in [1.54, 1.807) is 12.2 Å². The van der Waals surface area contributed by atoms with Crippen LogP contribution in [0.15, 0.2) is 47.6 Å². The fraction of sp³-hybridized carbons (Fsp3) is 0.200. The summed E-state index contributed by atoms with van der Waals surface area (Å²) in [5.74, 6) is -1.78. The summed E-state index contributed by atoms with van der Waals surface area (Å²) in [6.45, 7) is 0. The van der Waals surface area contributed by atoms with E-state index < -0.39 is 34.5 Å². The Morgan fingerprint density at radius 2 is 1.19 bits per heavy atom. The molecule has 4 aliphatic rings. The predicted octanol–water partition coefficient (Wildman–Crippen LogP) is -0.346. The third kappa shape index (κ3) is 1.31. The fourth-order valence-electron chi connectivity index (χ4n) is 3.59. The van der Waals surface area contributed by atoms with Crippen LogP contribution in [0, 0.1) is 10.8 Å². The lowest BCUT2D eigenvalue weighted by molar-refractivity contribution is -0.126. The molecule has 4 amide bonds. The van der Waals surface area contributed by atoms with Gasteiger partial charge < -0.3 is 0 Å². The number of hydrogen-bond donors (Lipinski definition) is 2. The zero-order valence-corrected chi connectivity index (χ0v) is 10.8. The van der Waals surface area contributed by atoms with Gasteiger partial charge in [0.05, 0.1) is 0 Å². The first kappa shape index (κ1) is 12.0. The number of amides is 4. The lowest BCUT2D eigenvalue weighted by Gasteiger charge is -2.23. The predicted molar refractivity (Wildman–Crippen MR) is 70.2 cm³/mol. The SMILES string of the molecule is O=C1C=C(C23C=CC=CC2(C2=CC(=O)NC2=O)C3)C(=O)N1. The van der Waals surface area contributed by atoms with Crippen LogP contribution >= 0.6 is 0 Å². The summed E-state index contributed by atoms with van der Waals surface area (Å²) >= 11 is 0. The van der Waals surface area contributed by atoms with Gasteiger partial charge in [-0.2, -0.15) is 0 Å². The number of nitrogens with one attached hydrogen (secondary N) is 2. The van der Waals surface area contributed by atoms with Crippen LogP contribution in [0.4, 0.5) is 0 Å². The maximum atomic E-state index is 12.0. The Labute approximate surface area is 119 Å². The standard InChI is InChI=1S/C15H10N2O4/c18-10-5-8(12(20)16-10)14-3-1-2-4-15(14,7-14)9-6-11(19)17-13(9)21/h1-6H,7H2,(H,16,18,20)(H,17,19,21). The van der Waals surface area contributed by atoms with Gasteiger partial charge >= 0.3 is 0 Å². The first-order valence-corrected chi connectivity index (χ1v) is 6.51. The van der Waals surface area contributed by atoms with Gasteiger partial charge in [0.2, 0.25) is 0 Å². The maximum Gasteiger partial charge on any atom is 0.255 e. The molecule has 2 unspecified atom stereocenters. The van der Waals surface area contributed by atoms with Gasteiger partial charge in [0.1, 0.15) is 0 Å². The molecular weight excluding hydrogens is 272 g/mol. The Bertz CT molecular complexity index is 707. The molecule has 2 atom stereocenters. The van der Waals surface area contributed by atoms with Crippen molar-refractivity contribution < 1.29 is 19.2 Å². The molecule has 2 N–H and O–H groups in total. The molecule has 0 aromatic rings. The lowest BCUT2D eigenvalue weighted by atomic mass is 9.78. The van der Waals surface area contributed by atoms with E-state index in [4.69, 9.17) is 0 Å². The molecule has 104 valence electrons. The number of carbonyl (C=O) groups is 4. The largest absolute Gasteiger partial charge is 0.289 e. The molecule has 0 aromatic heterocycles.